The number of hydrogen-bond donors (Lipinski definition) is 4. The number of carbonyl (C=O) groups excluding carboxylic acids is 4. The zero-order chi connectivity index (χ0) is 38.3. The Kier molecular flexibility index (Phi) is 10.3. The highest BCUT2D eigenvalue weighted by Crippen LogP contribution is 2.50. The van der Waals surface area contributed by atoms with E-state index in [2.05, 4.69) is 66.7 Å². The number of benzene rings is 2. The summed E-state index contributed by atoms with van der Waals surface area (Å²) in [4.78, 5) is 70.4. The monoisotopic (exact) mass is 754 g/mol. The van der Waals surface area contributed by atoms with Gasteiger partial charge in [0.15, 0.2) is 0 Å². The van der Waals surface area contributed by atoms with Gasteiger partial charge in [-0.15, -0.1) is 11.3 Å². The predicted molar refractivity (Wildman–Crippen MR) is 206 cm³/mol. The fourth-order valence-corrected chi connectivity index (χ4v) is 9.23. The van der Waals surface area contributed by atoms with Gasteiger partial charge in [0.1, 0.15) is 23.7 Å². The third kappa shape index (κ3) is 6.88. The molecule has 2 bridgehead atoms. The largest absolute Gasteiger partial charge is 0.453 e. The van der Waals surface area contributed by atoms with Crippen LogP contribution in [0.5, 0.6) is 0 Å². The summed E-state index contributed by atoms with van der Waals surface area (Å²) in [6.07, 6.45) is 6.02. The van der Waals surface area contributed by atoms with Crippen LogP contribution in [0.2, 0.25) is 0 Å². The molecule has 4 heterocycles. The lowest BCUT2D eigenvalue weighted by Crippen LogP contribution is -2.50. The van der Waals surface area contributed by atoms with Crippen molar-refractivity contribution in [2.24, 2.45) is 5.92 Å². The molecule has 2 aromatic carbocycles. The van der Waals surface area contributed by atoms with E-state index in [1.807, 2.05) is 24.9 Å². The fraction of sp³-hybridized carbons (Fsp3) is 0.436. The molecule has 14 nitrogen and oxygen atoms in total. The van der Waals surface area contributed by atoms with Crippen molar-refractivity contribution < 1.29 is 28.7 Å². The molecule has 1 aliphatic heterocycles. The molecule has 2 aliphatic rings. The maximum Gasteiger partial charge on any atom is 0.407 e. The number of fused-ring (bicyclic) bond motifs is 5. The van der Waals surface area contributed by atoms with Crippen LogP contribution in [0.1, 0.15) is 77.1 Å². The van der Waals surface area contributed by atoms with E-state index in [1.54, 1.807) is 36.3 Å². The van der Waals surface area contributed by atoms with E-state index < -0.39 is 24.3 Å². The molecule has 1 saturated carbocycles. The van der Waals surface area contributed by atoms with E-state index in [1.165, 1.54) is 14.2 Å². The van der Waals surface area contributed by atoms with Gasteiger partial charge in [-0.25, -0.2) is 19.6 Å². The molecule has 1 aliphatic carbocycles. The smallest absolute Gasteiger partial charge is 0.407 e. The summed E-state index contributed by atoms with van der Waals surface area (Å²) in [5.41, 5.74) is 3.71. The third-order valence-corrected chi connectivity index (χ3v) is 11.9. The van der Waals surface area contributed by atoms with Crippen LogP contribution in [0.3, 0.4) is 0 Å². The highest BCUT2D eigenvalue weighted by Gasteiger charge is 2.50. The van der Waals surface area contributed by atoms with Gasteiger partial charge in [-0.05, 0) is 64.5 Å². The number of aromatic amines is 2. The Balaban J connectivity index is 1.10. The van der Waals surface area contributed by atoms with Crippen molar-refractivity contribution in [2.45, 2.75) is 83.6 Å². The number of alkyl carbamates (subject to hydrolysis) is 2. The summed E-state index contributed by atoms with van der Waals surface area (Å²) < 4.78 is 11.7. The second kappa shape index (κ2) is 15.1. The number of amides is 4. The van der Waals surface area contributed by atoms with Crippen LogP contribution in [0, 0.1) is 5.92 Å². The quantitative estimate of drug-likeness (QED) is 0.116. The van der Waals surface area contributed by atoms with Crippen molar-refractivity contribution in [2.75, 3.05) is 20.8 Å². The highest BCUT2D eigenvalue weighted by molar-refractivity contribution is 7.25. The molecule has 6 atom stereocenters. The van der Waals surface area contributed by atoms with Crippen molar-refractivity contribution >= 4 is 55.5 Å². The first-order valence-corrected chi connectivity index (χ1v) is 19.2. The van der Waals surface area contributed by atoms with Gasteiger partial charge in [0, 0.05) is 43.9 Å². The lowest BCUT2D eigenvalue weighted by atomic mass is 9.97. The Morgan fingerprint density at radius 3 is 2.13 bits per heavy atom. The van der Waals surface area contributed by atoms with Gasteiger partial charge in [-0.2, -0.15) is 0 Å². The molecule has 4 amide bonds. The maximum atomic E-state index is 13.5. The van der Waals surface area contributed by atoms with E-state index in [4.69, 9.17) is 9.72 Å². The van der Waals surface area contributed by atoms with Crippen LogP contribution in [-0.4, -0.2) is 92.6 Å². The number of H-pyrrole nitrogens is 2. The Hall–Kier alpha value is -5.44. The van der Waals surface area contributed by atoms with Gasteiger partial charge in [0.25, 0.3) is 0 Å². The number of nitrogens with one attached hydrogen (secondary N) is 4. The molecule has 7 rings (SSSR count). The van der Waals surface area contributed by atoms with Crippen LogP contribution in [0.15, 0.2) is 48.8 Å². The first-order valence-electron chi connectivity index (χ1n) is 18.4. The van der Waals surface area contributed by atoms with E-state index >= 15 is 0 Å². The molecule has 4 N–H and O–H groups in total. The molecule has 3 aromatic heterocycles. The number of ether oxygens (including phenoxy) is 2. The Labute approximate surface area is 317 Å². The summed E-state index contributed by atoms with van der Waals surface area (Å²) in [7, 11) is 2.55. The van der Waals surface area contributed by atoms with Crippen LogP contribution in [0.25, 0.3) is 42.7 Å². The number of methoxy groups -OCH3 is 2. The predicted octanol–water partition coefficient (Wildman–Crippen LogP) is 6.68. The maximum absolute atomic E-state index is 13.5. The van der Waals surface area contributed by atoms with Crippen molar-refractivity contribution in [1.82, 2.24) is 40.4 Å². The number of hydrogen-bond acceptors (Lipinski definition) is 9. The number of nitrogens with zero attached hydrogens (tertiary/aromatic N) is 4. The van der Waals surface area contributed by atoms with E-state index in [0.29, 0.717) is 18.3 Å². The minimum atomic E-state index is -0.748. The second-order valence-corrected chi connectivity index (χ2v) is 15.3. The molecule has 54 heavy (non-hydrogen) atoms. The number of aromatic nitrogens is 4. The highest BCUT2D eigenvalue weighted by atomic mass is 32.1. The summed E-state index contributed by atoms with van der Waals surface area (Å²) >= 11 is 1.71. The molecule has 2 fully saturated rings. The minimum absolute atomic E-state index is 0.129. The van der Waals surface area contributed by atoms with Crippen LogP contribution < -0.4 is 10.6 Å². The zero-order valence-corrected chi connectivity index (χ0v) is 32.1. The number of rotatable bonds is 11. The molecule has 0 radical (unpaired) electrons. The van der Waals surface area contributed by atoms with Crippen molar-refractivity contribution in [1.29, 1.82) is 0 Å². The molecule has 0 unspecified atom stereocenters. The normalized spacial score (nSPS) is 19.4. The summed E-state index contributed by atoms with van der Waals surface area (Å²) in [5, 5.41) is 7.50. The third-order valence-electron chi connectivity index (χ3n) is 10.8. The standard InChI is InChI=1S/C39H46N8O6S/c1-7-14-46(36(48)20(2)42-38(50)52-5)22(4)34-40-18-29(44-34)23-9-12-27-28-13-10-24(17-32(28)54-31(27)16-23)30-19-41-35(45-30)33-25-8-11-26(15-25)47(33)37(49)21(3)43-39(51)53-6/h9-10,12-13,16-22,25-26,33H,7-8,11,14-15H2,1-6H3,(H,40,44)(H,41,45)(H,42,50)(H,43,51)/t20-,21-,22-,25-,26+,33-/m0/s1. The van der Waals surface area contributed by atoms with Crippen molar-refractivity contribution in [3.8, 4) is 22.5 Å². The van der Waals surface area contributed by atoms with Gasteiger partial charge in [-0.3, -0.25) is 9.59 Å². The van der Waals surface area contributed by atoms with Crippen LogP contribution in [0.4, 0.5) is 9.59 Å². The summed E-state index contributed by atoms with van der Waals surface area (Å²) in [6.45, 7) is 7.77. The van der Waals surface area contributed by atoms with Crippen molar-refractivity contribution in [3.05, 3.63) is 60.4 Å². The first kappa shape index (κ1) is 36.9. The van der Waals surface area contributed by atoms with E-state index in [0.717, 1.165) is 74.2 Å². The molecule has 0 spiro atoms. The number of carbonyl (C=O) groups is 4. The number of imidazole rings is 2. The zero-order valence-electron chi connectivity index (χ0n) is 31.3. The minimum Gasteiger partial charge on any atom is -0.453 e. The lowest BCUT2D eigenvalue weighted by molar-refractivity contribution is -0.137. The SMILES string of the molecule is CCCN(C(=O)[C@H](C)NC(=O)OC)[C@@H](C)c1ncc(-c2ccc3c(c2)sc2cc(-c4cnc([C@@H]5[C@H]6CC[C@H](C6)N5C(=O)[C@H](C)NC(=O)OC)[nH]4)ccc23)[nH]1. The van der Waals surface area contributed by atoms with Crippen LogP contribution in [-0.2, 0) is 19.1 Å². The fourth-order valence-electron chi connectivity index (χ4n) is 8.05. The number of piperidine rings is 1. The molecular weight excluding hydrogens is 709 g/mol. The molecular formula is C39H46N8O6S. The van der Waals surface area contributed by atoms with Gasteiger partial charge < -0.3 is 39.9 Å². The van der Waals surface area contributed by atoms with Crippen LogP contribution >= 0.6 is 11.3 Å². The number of thiophene rings is 1. The Morgan fingerprint density at radius 2 is 1.50 bits per heavy atom. The van der Waals surface area contributed by atoms with E-state index in [-0.39, 0.29) is 29.9 Å². The molecule has 15 heteroatoms. The average molecular weight is 755 g/mol. The van der Waals surface area contributed by atoms with Gasteiger partial charge in [0.05, 0.1) is 50.1 Å². The topological polar surface area (TPSA) is 175 Å². The number of likely N-dealkylation sites (tertiary alicyclic amines) is 1. The molecule has 284 valence electrons. The molecule has 5 aromatic rings. The summed E-state index contributed by atoms with van der Waals surface area (Å²) in [6, 6.07) is 10.9. The summed E-state index contributed by atoms with van der Waals surface area (Å²) in [5.74, 6) is 1.39. The van der Waals surface area contributed by atoms with Gasteiger partial charge in [0.2, 0.25) is 11.8 Å². The molecule has 1 saturated heterocycles. The Bertz CT molecular complexity index is 2210. The van der Waals surface area contributed by atoms with Gasteiger partial charge in [-0.1, -0.05) is 31.2 Å². The lowest BCUT2D eigenvalue weighted by Gasteiger charge is -2.36. The first-order chi connectivity index (χ1) is 26.0. The second-order valence-electron chi connectivity index (χ2n) is 14.2. The Morgan fingerprint density at radius 1 is 0.889 bits per heavy atom. The van der Waals surface area contributed by atoms with Crippen molar-refractivity contribution in [3.63, 3.8) is 0 Å². The van der Waals surface area contributed by atoms with Gasteiger partial charge >= 0.3 is 12.2 Å². The average Bonchev–Trinajstić information content (AvgIpc) is 4.03. The van der Waals surface area contributed by atoms with E-state index in [9.17, 15) is 19.2 Å².